The third kappa shape index (κ3) is 5.24. The average Bonchev–Trinajstić information content (AvgIpc) is 2.86. The Morgan fingerprint density at radius 3 is 2.27 bits per heavy atom. The number of carbonyl (C=O) groups is 2. The molecule has 0 bridgehead atoms. The second-order valence-corrected chi connectivity index (χ2v) is 9.26. The Bertz CT molecular complexity index is 954. The summed E-state index contributed by atoms with van der Waals surface area (Å²) in [6.07, 6.45) is 1.22. The molecule has 2 amide bonds. The minimum atomic E-state index is -0.650. The first-order chi connectivity index (χ1) is 16.0. The molecule has 2 aromatic rings. The summed E-state index contributed by atoms with van der Waals surface area (Å²) in [4.78, 5) is 29.9. The SMILES string of the molecule is CC(=O)N1CCC(C(=O)NCC(c2ccccc2Cl)N2CCOCC2)(c2ccccc2)CC1. The number of carbonyl (C=O) groups excluding carboxylic acids is 2. The van der Waals surface area contributed by atoms with Gasteiger partial charge in [0, 0.05) is 44.7 Å². The summed E-state index contributed by atoms with van der Waals surface area (Å²) in [5, 5.41) is 3.98. The quantitative estimate of drug-likeness (QED) is 0.704. The topological polar surface area (TPSA) is 61.9 Å². The van der Waals surface area contributed by atoms with Gasteiger partial charge in [-0.3, -0.25) is 14.5 Å². The second kappa shape index (κ2) is 10.7. The van der Waals surface area contributed by atoms with E-state index < -0.39 is 5.41 Å². The van der Waals surface area contributed by atoms with Gasteiger partial charge in [0.1, 0.15) is 0 Å². The fourth-order valence-corrected chi connectivity index (χ4v) is 5.30. The number of nitrogens with zero attached hydrogens (tertiary/aromatic N) is 2. The molecule has 2 saturated heterocycles. The molecular weight excluding hydrogens is 438 g/mol. The lowest BCUT2D eigenvalue weighted by Gasteiger charge is -2.41. The molecule has 6 nitrogen and oxygen atoms in total. The van der Waals surface area contributed by atoms with E-state index in [0.29, 0.717) is 50.7 Å². The van der Waals surface area contributed by atoms with Crippen molar-refractivity contribution in [1.29, 1.82) is 0 Å². The molecule has 0 spiro atoms. The summed E-state index contributed by atoms with van der Waals surface area (Å²) in [6.45, 7) is 6.14. The highest BCUT2D eigenvalue weighted by Crippen LogP contribution is 2.36. The Kier molecular flexibility index (Phi) is 7.68. The van der Waals surface area contributed by atoms with E-state index in [1.165, 1.54) is 0 Å². The number of halogens is 1. The first-order valence-electron chi connectivity index (χ1n) is 11.7. The van der Waals surface area contributed by atoms with E-state index in [2.05, 4.69) is 10.2 Å². The second-order valence-electron chi connectivity index (χ2n) is 8.85. The van der Waals surface area contributed by atoms with Gasteiger partial charge in [-0.1, -0.05) is 60.1 Å². The van der Waals surface area contributed by atoms with Crippen molar-refractivity contribution < 1.29 is 14.3 Å². The molecule has 176 valence electrons. The van der Waals surface area contributed by atoms with Crippen molar-refractivity contribution >= 4 is 23.4 Å². The molecule has 2 heterocycles. The standard InChI is InChI=1S/C26H32ClN3O3/c1-20(31)29-13-11-26(12-14-29,21-7-3-2-4-8-21)25(32)28-19-24(30-15-17-33-18-16-30)22-9-5-6-10-23(22)27/h2-10,24H,11-19H2,1H3,(H,28,32). The number of amides is 2. The van der Waals surface area contributed by atoms with E-state index in [1.54, 1.807) is 6.92 Å². The third-order valence-electron chi connectivity index (χ3n) is 7.03. The number of likely N-dealkylation sites (tertiary alicyclic amines) is 1. The molecule has 2 fully saturated rings. The Labute approximate surface area is 200 Å². The van der Waals surface area contributed by atoms with E-state index in [4.69, 9.17) is 16.3 Å². The maximum atomic E-state index is 13.8. The molecule has 2 aliphatic rings. The van der Waals surface area contributed by atoms with Gasteiger partial charge in [-0.15, -0.1) is 0 Å². The molecule has 1 N–H and O–H groups in total. The summed E-state index contributed by atoms with van der Waals surface area (Å²) in [6, 6.07) is 17.8. The van der Waals surface area contributed by atoms with Gasteiger partial charge >= 0.3 is 0 Å². The smallest absolute Gasteiger partial charge is 0.230 e. The van der Waals surface area contributed by atoms with Crippen LogP contribution < -0.4 is 5.32 Å². The molecular formula is C26H32ClN3O3. The van der Waals surface area contributed by atoms with E-state index in [0.717, 1.165) is 24.2 Å². The highest BCUT2D eigenvalue weighted by Gasteiger charge is 2.43. The van der Waals surface area contributed by atoms with Crippen LogP contribution >= 0.6 is 11.6 Å². The number of hydrogen-bond acceptors (Lipinski definition) is 4. The molecule has 2 aromatic carbocycles. The van der Waals surface area contributed by atoms with E-state index in [-0.39, 0.29) is 17.9 Å². The lowest BCUT2D eigenvalue weighted by Crippen LogP contribution is -2.54. The number of rotatable bonds is 6. The van der Waals surface area contributed by atoms with Gasteiger partial charge in [0.25, 0.3) is 0 Å². The Morgan fingerprint density at radius 1 is 1.00 bits per heavy atom. The van der Waals surface area contributed by atoms with Gasteiger partial charge in [0.05, 0.1) is 24.7 Å². The van der Waals surface area contributed by atoms with Crippen molar-refractivity contribution in [3.8, 4) is 0 Å². The first-order valence-corrected chi connectivity index (χ1v) is 12.0. The fraction of sp³-hybridized carbons (Fsp3) is 0.462. The molecule has 0 aromatic heterocycles. The average molecular weight is 470 g/mol. The molecule has 0 aliphatic carbocycles. The molecule has 33 heavy (non-hydrogen) atoms. The number of benzene rings is 2. The summed E-state index contributed by atoms with van der Waals surface area (Å²) < 4.78 is 5.55. The molecule has 0 saturated carbocycles. The Hall–Kier alpha value is -2.41. The van der Waals surface area contributed by atoms with Crippen molar-refractivity contribution in [1.82, 2.24) is 15.1 Å². The van der Waals surface area contributed by atoms with Crippen LogP contribution in [0.5, 0.6) is 0 Å². The molecule has 1 unspecified atom stereocenters. The Morgan fingerprint density at radius 2 is 1.64 bits per heavy atom. The minimum absolute atomic E-state index is 0.0159. The van der Waals surface area contributed by atoms with Crippen LogP contribution in [0.25, 0.3) is 0 Å². The summed E-state index contributed by atoms with van der Waals surface area (Å²) in [5.74, 6) is 0.0744. The van der Waals surface area contributed by atoms with Crippen LogP contribution in [0.1, 0.15) is 36.9 Å². The number of ether oxygens (including phenoxy) is 1. The largest absolute Gasteiger partial charge is 0.379 e. The molecule has 7 heteroatoms. The fourth-order valence-electron chi connectivity index (χ4n) is 5.04. The zero-order chi connectivity index (χ0) is 23.3. The van der Waals surface area contributed by atoms with Crippen LogP contribution in [0.3, 0.4) is 0 Å². The van der Waals surface area contributed by atoms with Crippen molar-refractivity contribution in [2.24, 2.45) is 0 Å². The first kappa shape index (κ1) is 23.7. The molecule has 2 aliphatic heterocycles. The van der Waals surface area contributed by atoms with Crippen molar-refractivity contribution in [2.45, 2.75) is 31.2 Å². The Balaban J connectivity index is 1.56. The third-order valence-corrected chi connectivity index (χ3v) is 7.37. The van der Waals surface area contributed by atoms with Crippen LogP contribution in [-0.2, 0) is 19.7 Å². The van der Waals surface area contributed by atoms with Crippen molar-refractivity contribution in [3.05, 3.63) is 70.7 Å². The van der Waals surface area contributed by atoms with Crippen LogP contribution in [0, 0.1) is 0 Å². The number of morpholine rings is 1. The molecule has 0 radical (unpaired) electrons. The van der Waals surface area contributed by atoms with Gasteiger partial charge in [-0.05, 0) is 30.0 Å². The van der Waals surface area contributed by atoms with Crippen molar-refractivity contribution in [3.63, 3.8) is 0 Å². The van der Waals surface area contributed by atoms with E-state index in [9.17, 15) is 9.59 Å². The predicted octanol–water partition coefficient (Wildman–Crippen LogP) is 3.41. The van der Waals surface area contributed by atoms with Crippen LogP contribution in [0.4, 0.5) is 0 Å². The lowest BCUT2D eigenvalue weighted by molar-refractivity contribution is -0.135. The van der Waals surface area contributed by atoms with Crippen LogP contribution in [0.2, 0.25) is 5.02 Å². The zero-order valence-corrected chi connectivity index (χ0v) is 19.9. The van der Waals surface area contributed by atoms with Crippen LogP contribution in [0.15, 0.2) is 54.6 Å². The van der Waals surface area contributed by atoms with Gasteiger partial charge in [-0.2, -0.15) is 0 Å². The highest BCUT2D eigenvalue weighted by molar-refractivity contribution is 6.31. The normalized spacial score (nSPS) is 19.6. The number of nitrogens with one attached hydrogen (secondary N) is 1. The van der Waals surface area contributed by atoms with Crippen LogP contribution in [-0.4, -0.2) is 67.6 Å². The summed E-state index contributed by atoms with van der Waals surface area (Å²) >= 11 is 6.56. The zero-order valence-electron chi connectivity index (χ0n) is 19.1. The monoisotopic (exact) mass is 469 g/mol. The lowest BCUT2D eigenvalue weighted by atomic mass is 9.72. The van der Waals surface area contributed by atoms with Gasteiger partial charge in [-0.25, -0.2) is 0 Å². The van der Waals surface area contributed by atoms with E-state index in [1.807, 2.05) is 59.5 Å². The summed E-state index contributed by atoms with van der Waals surface area (Å²) in [7, 11) is 0. The number of piperidine rings is 1. The predicted molar refractivity (Wildman–Crippen MR) is 129 cm³/mol. The van der Waals surface area contributed by atoms with Crippen molar-refractivity contribution in [2.75, 3.05) is 45.9 Å². The number of hydrogen-bond donors (Lipinski definition) is 1. The maximum absolute atomic E-state index is 13.8. The van der Waals surface area contributed by atoms with E-state index >= 15 is 0 Å². The molecule has 1 atom stereocenters. The maximum Gasteiger partial charge on any atom is 0.230 e. The molecule has 4 rings (SSSR count). The highest BCUT2D eigenvalue weighted by atomic mass is 35.5. The minimum Gasteiger partial charge on any atom is -0.379 e. The van der Waals surface area contributed by atoms with Gasteiger partial charge in [0.2, 0.25) is 11.8 Å². The summed E-state index contributed by atoms with van der Waals surface area (Å²) in [5.41, 5.74) is 1.37. The van der Waals surface area contributed by atoms with Gasteiger partial charge in [0.15, 0.2) is 0 Å². The van der Waals surface area contributed by atoms with Gasteiger partial charge < -0.3 is 15.0 Å².